The van der Waals surface area contributed by atoms with Gasteiger partial charge in [-0.05, 0) is 18.2 Å². The minimum Gasteiger partial charge on any atom is -0.496 e. The van der Waals surface area contributed by atoms with Gasteiger partial charge in [-0.1, -0.05) is 41.9 Å². The lowest BCUT2D eigenvalue weighted by molar-refractivity contribution is -0.143. The number of nitrogens with one attached hydrogen (secondary N) is 1. The number of hydrogen-bond donors (Lipinski definition) is 1. The van der Waals surface area contributed by atoms with Gasteiger partial charge in [-0.25, -0.2) is 4.98 Å². The van der Waals surface area contributed by atoms with E-state index in [1.54, 1.807) is 35.7 Å². The lowest BCUT2D eigenvalue weighted by Gasteiger charge is -2.08. The van der Waals surface area contributed by atoms with Gasteiger partial charge in [0.15, 0.2) is 0 Å². The van der Waals surface area contributed by atoms with Gasteiger partial charge in [-0.15, -0.1) is 11.3 Å². The third kappa shape index (κ3) is 4.88. The van der Waals surface area contributed by atoms with E-state index < -0.39 is 11.9 Å². The van der Waals surface area contributed by atoms with E-state index >= 15 is 0 Å². The number of nitrogens with zero attached hydrogens (tertiary/aromatic N) is 1. The van der Waals surface area contributed by atoms with Crippen LogP contribution in [-0.2, 0) is 16.1 Å². The summed E-state index contributed by atoms with van der Waals surface area (Å²) in [5.74, 6) is -0.539. The minimum atomic E-state index is -0.560. The normalized spacial score (nSPS) is 10.4. The van der Waals surface area contributed by atoms with Crippen molar-refractivity contribution in [3.8, 4) is 16.3 Å². The van der Waals surface area contributed by atoms with E-state index in [0.29, 0.717) is 22.0 Å². The average molecular weight is 417 g/mol. The van der Waals surface area contributed by atoms with Crippen molar-refractivity contribution in [2.45, 2.75) is 6.61 Å². The van der Waals surface area contributed by atoms with Gasteiger partial charge in [0.2, 0.25) is 0 Å². The van der Waals surface area contributed by atoms with Gasteiger partial charge in [0.05, 0.1) is 23.4 Å². The molecule has 28 heavy (non-hydrogen) atoms. The first-order valence-corrected chi connectivity index (χ1v) is 9.60. The largest absolute Gasteiger partial charge is 0.496 e. The summed E-state index contributed by atoms with van der Waals surface area (Å²) >= 11 is 7.59. The Hall–Kier alpha value is -2.90. The second kappa shape index (κ2) is 9.34. The van der Waals surface area contributed by atoms with Crippen molar-refractivity contribution < 1.29 is 19.1 Å². The summed E-state index contributed by atoms with van der Waals surface area (Å²) in [7, 11) is 1.48. The molecule has 0 bridgehead atoms. The molecule has 3 rings (SSSR count). The summed E-state index contributed by atoms with van der Waals surface area (Å²) < 4.78 is 10.3. The SMILES string of the molecule is COc1ccccc1C(=O)NCC(=O)OCc1csc(-c2ccccc2Cl)n1. The summed E-state index contributed by atoms with van der Waals surface area (Å²) in [6, 6.07) is 14.2. The van der Waals surface area contributed by atoms with Crippen molar-refractivity contribution in [2.24, 2.45) is 0 Å². The van der Waals surface area contributed by atoms with Gasteiger partial charge >= 0.3 is 5.97 Å². The molecule has 0 fully saturated rings. The molecule has 1 heterocycles. The van der Waals surface area contributed by atoms with Crippen LogP contribution < -0.4 is 10.1 Å². The Bertz CT molecular complexity index is 990. The molecule has 0 saturated carbocycles. The summed E-state index contributed by atoms with van der Waals surface area (Å²) in [5, 5.41) is 5.69. The van der Waals surface area contributed by atoms with Crippen molar-refractivity contribution in [2.75, 3.05) is 13.7 Å². The van der Waals surface area contributed by atoms with Crippen LogP contribution in [0.3, 0.4) is 0 Å². The zero-order valence-corrected chi connectivity index (χ0v) is 16.5. The maximum absolute atomic E-state index is 12.2. The highest BCUT2D eigenvalue weighted by Crippen LogP contribution is 2.30. The maximum atomic E-state index is 12.2. The van der Waals surface area contributed by atoms with Crippen LogP contribution in [0.25, 0.3) is 10.6 Å². The molecule has 0 radical (unpaired) electrons. The molecule has 0 saturated heterocycles. The van der Waals surface area contributed by atoms with Crippen LogP contribution in [0.5, 0.6) is 5.75 Å². The monoisotopic (exact) mass is 416 g/mol. The molecule has 0 spiro atoms. The highest BCUT2D eigenvalue weighted by atomic mass is 35.5. The Labute approximate surface area is 171 Å². The van der Waals surface area contributed by atoms with Crippen LogP contribution in [0.4, 0.5) is 0 Å². The topological polar surface area (TPSA) is 77.5 Å². The van der Waals surface area contributed by atoms with Crippen LogP contribution in [0.2, 0.25) is 5.02 Å². The summed E-state index contributed by atoms with van der Waals surface area (Å²) in [6.07, 6.45) is 0. The number of esters is 1. The van der Waals surface area contributed by atoms with Crippen LogP contribution >= 0.6 is 22.9 Å². The summed E-state index contributed by atoms with van der Waals surface area (Å²) in [4.78, 5) is 28.5. The van der Waals surface area contributed by atoms with E-state index in [0.717, 1.165) is 10.6 Å². The highest BCUT2D eigenvalue weighted by Gasteiger charge is 2.14. The molecule has 144 valence electrons. The Kier molecular flexibility index (Phi) is 6.62. The van der Waals surface area contributed by atoms with E-state index in [1.165, 1.54) is 18.4 Å². The molecule has 0 aliphatic carbocycles. The number of carbonyl (C=O) groups excluding carboxylic acids is 2. The van der Waals surface area contributed by atoms with Crippen molar-refractivity contribution in [3.63, 3.8) is 0 Å². The average Bonchev–Trinajstić information content (AvgIpc) is 3.19. The molecule has 0 aliphatic heterocycles. The van der Waals surface area contributed by atoms with E-state index in [-0.39, 0.29) is 13.2 Å². The molecule has 0 aliphatic rings. The lowest BCUT2D eigenvalue weighted by Crippen LogP contribution is -2.30. The van der Waals surface area contributed by atoms with Gasteiger partial charge in [0.1, 0.15) is 23.9 Å². The number of thiazole rings is 1. The number of ether oxygens (including phenoxy) is 2. The fraction of sp³-hybridized carbons (Fsp3) is 0.150. The Morgan fingerprint density at radius 3 is 2.68 bits per heavy atom. The Morgan fingerprint density at radius 2 is 1.89 bits per heavy atom. The molecular weight excluding hydrogens is 400 g/mol. The zero-order chi connectivity index (χ0) is 19.9. The van der Waals surface area contributed by atoms with Crippen molar-refractivity contribution in [1.29, 1.82) is 0 Å². The number of benzene rings is 2. The van der Waals surface area contributed by atoms with Crippen LogP contribution in [0.15, 0.2) is 53.9 Å². The minimum absolute atomic E-state index is 0.0182. The van der Waals surface area contributed by atoms with Crippen molar-refractivity contribution in [1.82, 2.24) is 10.3 Å². The predicted octanol–water partition coefficient (Wildman–Crippen LogP) is 3.95. The fourth-order valence-electron chi connectivity index (χ4n) is 2.42. The molecular formula is C20H17ClN2O4S. The third-order valence-corrected chi connectivity index (χ3v) is 5.04. The van der Waals surface area contributed by atoms with Gasteiger partial charge < -0.3 is 14.8 Å². The van der Waals surface area contributed by atoms with Gasteiger partial charge in [0.25, 0.3) is 5.91 Å². The first-order chi connectivity index (χ1) is 13.6. The quantitative estimate of drug-likeness (QED) is 0.590. The lowest BCUT2D eigenvalue weighted by atomic mass is 10.2. The molecule has 0 unspecified atom stereocenters. The molecule has 0 atom stereocenters. The van der Waals surface area contributed by atoms with E-state index in [4.69, 9.17) is 21.1 Å². The second-order valence-corrected chi connectivity index (χ2v) is 6.93. The summed E-state index contributed by atoms with van der Waals surface area (Å²) in [6.45, 7) is -0.233. The highest BCUT2D eigenvalue weighted by molar-refractivity contribution is 7.13. The smallest absolute Gasteiger partial charge is 0.325 e. The van der Waals surface area contributed by atoms with Crippen LogP contribution in [0.1, 0.15) is 16.1 Å². The molecule has 8 heteroatoms. The number of hydrogen-bond acceptors (Lipinski definition) is 6. The van der Waals surface area contributed by atoms with E-state index in [9.17, 15) is 9.59 Å². The Balaban J connectivity index is 1.51. The third-order valence-electron chi connectivity index (χ3n) is 3.78. The van der Waals surface area contributed by atoms with E-state index in [2.05, 4.69) is 10.3 Å². The molecule has 6 nitrogen and oxygen atoms in total. The first kappa shape index (κ1) is 19.9. The van der Waals surface area contributed by atoms with Gasteiger partial charge in [0, 0.05) is 10.9 Å². The standard InChI is InChI=1S/C20H17ClN2O4S/c1-26-17-9-5-3-7-15(17)19(25)22-10-18(24)27-11-13-12-28-20(23-13)14-6-2-4-8-16(14)21/h2-9,12H,10-11H2,1H3,(H,22,25). The Morgan fingerprint density at radius 1 is 1.14 bits per heavy atom. The van der Waals surface area contributed by atoms with Gasteiger partial charge in [-0.3, -0.25) is 9.59 Å². The van der Waals surface area contributed by atoms with E-state index in [1.807, 2.05) is 18.2 Å². The molecule has 1 amide bonds. The maximum Gasteiger partial charge on any atom is 0.325 e. The predicted molar refractivity (Wildman–Crippen MR) is 108 cm³/mol. The summed E-state index contributed by atoms with van der Waals surface area (Å²) in [5.41, 5.74) is 1.79. The zero-order valence-electron chi connectivity index (χ0n) is 15.0. The second-order valence-electron chi connectivity index (χ2n) is 5.67. The first-order valence-electron chi connectivity index (χ1n) is 8.34. The number of rotatable bonds is 7. The van der Waals surface area contributed by atoms with Crippen molar-refractivity contribution in [3.05, 3.63) is 70.2 Å². The molecule has 2 aromatic carbocycles. The number of para-hydroxylation sites is 1. The number of carbonyl (C=O) groups is 2. The van der Waals surface area contributed by atoms with Crippen LogP contribution in [0, 0.1) is 0 Å². The van der Waals surface area contributed by atoms with Crippen LogP contribution in [-0.4, -0.2) is 30.5 Å². The number of methoxy groups -OCH3 is 1. The molecule has 1 aromatic heterocycles. The number of halogens is 1. The van der Waals surface area contributed by atoms with Crippen molar-refractivity contribution >= 4 is 34.8 Å². The number of amides is 1. The fourth-order valence-corrected chi connectivity index (χ4v) is 3.54. The molecule has 1 N–H and O–H groups in total. The molecule has 3 aromatic rings. The van der Waals surface area contributed by atoms with Gasteiger partial charge in [-0.2, -0.15) is 0 Å². The number of aromatic nitrogens is 1.